The van der Waals surface area contributed by atoms with Gasteiger partial charge in [0.05, 0.1) is 11.1 Å². The number of aliphatic hydroxyl groups is 1. The molecule has 2 rings (SSSR count). The second-order valence-electron chi connectivity index (χ2n) is 4.10. The van der Waals surface area contributed by atoms with Crippen molar-refractivity contribution in [3.63, 3.8) is 0 Å². The monoisotopic (exact) mass is 318 g/mol. The van der Waals surface area contributed by atoms with E-state index in [9.17, 15) is 9.50 Å². The molecule has 0 aliphatic rings. The zero-order chi connectivity index (χ0) is 14.0. The van der Waals surface area contributed by atoms with E-state index < -0.39 is 11.9 Å². The van der Waals surface area contributed by atoms with Gasteiger partial charge in [-0.15, -0.1) is 0 Å². The van der Waals surface area contributed by atoms with Gasteiger partial charge in [-0.3, -0.25) is 0 Å². The van der Waals surface area contributed by atoms with E-state index in [0.717, 1.165) is 0 Å². The van der Waals surface area contributed by atoms with Crippen molar-refractivity contribution < 1.29 is 9.50 Å². The molecule has 1 atom stereocenters. The molecule has 2 aromatic carbocycles. The molecule has 2 aromatic rings. The summed E-state index contributed by atoms with van der Waals surface area (Å²) < 4.78 is 13.8. The minimum Gasteiger partial charge on any atom is -0.388 e. The van der Waals surface area contributed by atoms with Crippen LogP contribution in [0.3, 0.4) is 0 Å². The zero-order valence-corrected chi connectivity index (χ0v) is 12.0. The maximum atomic E-state index is 13.8. The Hall–Kier alpha value is -0.800. The highest BCUT2D eigenvalue weighted by Crippen LogP contribution is 2.30. The van der Waals surface area contributed by atoms with E-state index in [1.165, 1.54) is 6.07 Å². The lowest BCUT2D eigenvalue weighted by Crippen LogP contribution is -2.04. The Kier molecular flexibility index (Phi) is 4.69. The van der Waals surface area contributed by atoms with Crippen LogP contribution in [0.5, 0.6) is 0 Å². The molecule has 0 aliphatic carbocycles. The molecule has 1 unspecified atom stereocenters. The van der Waals surface area contributed by atoms with Crippen LogP contribution < -0.4 is 0 Å². The van der Waals surface area contributed by atoms with Crippen molar-refractivity contribution in [3.05, 3.63) is 68.4 Å². The summed E-state index contributed by atoms with van der Waals surface area (Å²) in [5, 5.41) is 11.0. The molecule has 0 radical (unpaired) electrons. The summed E-state index contributed by atoms with van der Waals surface area (Å²) in [6.45, 7) is 0. The Morgan fingerprint density at radius 2 is 1.79 bits per heavy atom. The summed E-state index contributed by atoms with van der Waals surface area (Å²) in [6, 6.07) is 9.45. The molecule has 0 saturated carbocycles. The molecule has 0 aliphatic heterocycles. The first kappa shape index (κ1) is 14.6. The molecule has 0 amide bonds. The molecular weight excluding hydrogens is 310 g/mol. The van der Waals surface area contributed by atoms with Gasteiger partial charge in [0.1, 0.15) is 5.82 Å². The molecule has 1 N–H and O–H groups in total. The summed E-state index contributed by atoms with van der Waals surface area (Å²) in [6.07, 6.45) is -0.869. The molecule has 0 spiro atoms. The number of aliphatic hydroxyl groups excluding tert-OH is 1. The van der Waals surface area contributed by atoms with E-state index in [1.54, 1.807) is 30.3 Å². The van der Waals surface area contributed by atoms with E-state index in [1.807, 2.05) is 0 Å². The fraction of sp³-hybridized carbons (Fsp3) is 0.143. The number of rotatable bonds is 3. The van der Waals surface area contributed by atoms with Gasteiger partial charge >= 0.3 is 0 Å². The van der Waals surface area contributed by atoms with Crippen LogP contribution in [-0.2, 0) is 6.42 Å². The average molecular weight is 320 g/mol. The maximum absolute atomic E-state index is 13.8. The van der Waals surface area contributed by atoms with E-state index in [-0.39, 0.29) is 11.4 Å². The summed E-state index contributed by atoms with van der Waals surface area (Å²) >= 11 is 17.5. The minimum absolute atomic E-state index is 0.0295. The molecule has 0 bridgehead atoms. The van der Waals surface area contributed by atoms with Crippen molar-refractivity contribution in [3.8, 4) is 0 Å². The Balaban J connectivity index is 2.28. The number of hydrogen-bond donors (Lipinski definition) is 1. The number of benzene rings is 2. The van der Waals surface area contributed by atoms with Crippen molar-refractivity contribution in [2.24, 2.45) is 0 Å². The topological polar surface area (TPSA) is 20.2 Å². The van der Waals surface area contributed by atoms with Gasteiger partial charge in [0, 0.05) is 22.0 Å². The van der Waals surface area contributed by atoms with Crippen molar-refractivity contribution in [2.45, 2.75) is 12.5 Å². The lowest BCUT2D eigenvalue weighted by Gasteiger charge is -2.14. The lowest BCUT2D eigenvalue weighted by molar-refractivity contribution is 0.177. The van der Waals surface area contributed by atoms with E-state index in [2.05, 4.69) is 0 Å². The van der Waals surface area contributed by atoms with E-state index in [0.29, 0.717) is 21.2 Å². The van der Waals surface area contributed by atoms with Crippen molar-refractivity contribution in [1.29, 1.82) is 0 Å². The van der Waals surface area contributed by atoms with Gasteiger partial charge in [-0.25, -0.2) is 4.39 Å². The highest BCUT2D eigenvalue weighted by Gasteiger charge is 2.16. The summed E-state index contributed by atoms with van der Waals surface area (Å²) in [5.74, 6) is -0.527. The number of hydrogen-bond acceptors (Lipinski definition) is 1. The van der Waals surface area contributed by atoms with Gasteiger partial charge in [0.15, 0.2) is 0 Å². The van der Waals surface area contributed by atoms with Crippen molar-refractivity contribution in [2.75, 3.05) is 0 Å². The van der Waals surface area contributed by atoms with Crippen LogP contribution in [0.2, 0.25) is 15.1 Å². The maximum Gasteiger partial charge on any atom is 0.145 e. The Morgan fingerprint density at radius 3 is 2.53 bits per heavy atom. The van der Waals surface area contributed by atoms with Gasteiger partial charge in [0.25, 0.3) is 0 Å². The van der Waals surface area contributed by atoms with E-state index in [4.69, 9.17) is 34.8 Å². The van der Waals surface area contributed by atoms with Crippen LogP contribution in [0.4, 0.5) is 4.39 Å². The fourth-order valence-corrected chi connectivity index (χ4v) is 2.41. The Bertz CT molecular complexity index is 601. The van der Waals surface area contributed by atoms with Gasteiger partial charge in [-0.2, -0.15) is 0 Å². The summed E-state index contributed by atoms with van der Waals surface area (Å²) in [7, 11) is 0. The molecule has 0 heterocycles. The fourth-order valence-electron chi connectivity index (χ4n) is 1.79. The van der Waals surface area contributed by atoms with Crippen LogP contribution >= 0.6 is 34.8 Å². The van der Waals surface area contributed by atoms with Crippen LogP contribution in [-0.4, -0.2) is 5.11 Å². The van der Waals surface area contributed by atoms with Gasteiger partial charge in [0.2, 0.25) is 0 Å². The predicted octanol–water partition coefficient (Wildman–Crippen LogP) is 5.06. The predicted molar refractivity (Wildman–Crippen MR) is 76.5 cm³/mol. The SMILES string of the molecule is OC(Cc1cccc(Cl)c1F)c1cc(Cl)ccc1Cl. The molecule has 0 saturated heterocycles. The lowest BCUT2D eigenvalue weighted by atomic mass is 10.0. The van der Waals surface area contributed by atoms with Gasteiger partial charge in [-0.1, -0.05) is 46.9 Å². The smallest absolute Gasteiger partial charge is 0.145 e. The van der Waals surface area contributed by atoms with E-state index >= 15 is 0 Å². The Labute approximate surface area is 125 Å². The van der Waals surface area contributed by atoms with Crippen molar-refractivity contribution in [1.82, 2.24) is 0 Å². The molecule has 19 heavy (non-hydrogen) atoms. The number of halogens is 4. The van der Waals surface area contributed by atoms with Crippen LogP contribution in [0.25, 0.3) is 0 Å². The second kappa shape index (κ2) is 6.10. The highest BCUT2D eigenvalue weighted by atomic mass is 35.5. The molecule has 5 heteroatoms. The average Bonchev–Trinajstić information content (AvgIpc) is 2.38. The standard InChI is InChI=1S/C14H10Cl3FO/c15-9-4-5-11(16)10(7-9)13(19)6-8-2-1-3-12(17)14(8)18/h1-5,7,13,19H,6H2. The molecular formula is C14H10Cl3FO. The zero-order valence-electron chi connectivity index (χ0n) is 9.71. The highest BCUT2D eigenvalue weighted by molar-refractivity contribution is 6.33. The van der Waals surface area contributed by atoms with Crippen LogP contribution in [0.1, 0.15) is 17.2 Å². The van der Waals surface area contributed by atoms with Gasteiger partial charge < -0.3 is 5.11 Å². The first-order valence-electron chi connectivity index (χ1n) is 5.55. The molecule has 0 aromatic heterocycles. The van der Waals surface area contributed by atoms with Gasteiger partial charge in [-0.05, 0) is 29.8 Å². The van der Waals surface area contributed by atoms with Crippen LogP contribution in [0.15, 0.2) is 36.4 Å². The first-order valence-corrected chi connectivity index (χ1v) is 6.68. The third-order valence-electron chi connectivity index (χ3n) is 2.76. The third kappa shape index (κ3) is 3.40. The second-order valence-corrected chi connectivity index (χ2v) is 5.35. The molecule has 0 fully saturated rings. The quantitative estimate of drug-likeness (QED) is 0.838. The minimum atomic E-state index is -0.945. The first-order chi connectivity index (χ1) is 8.99. The third-order valence-corrected chi connectivity index (χ3v) is 3.63. The molecule has 1 nitrogen and oxygen atoms in total. The normalized spacial score (nSPS) is 12.5. The molecule has 100 valence electrons. The summed E-state index contributed by atoms with van der Waals surface area (Å²) in [4.78, 5) is 0. The van der Waals surface area contributed by atoms with Crippen LogP contribution in [0, 0.1) is 5.82 Å². The summed E-state index contributed by atoms with van der Waals surface area (Å²) in [5.41, 5.74) is 0.796. The Morgan fingerprint density at radius 1 is 1.05 bits per heavy atom. The van der Waals surface area contributed by atoms with Crippen molar-refractivity contribution >= 4 is 34.8 Å². The largest absolute Gasteiger partial charge is 0.388 e.